The molecule has 0 aromatic heterocycles. The van der Waals surface area contributed by atoms with Crippen molar-refractivity contribution >= 4 is 22.4 Å². The molecule has 0 heterocycles. The Morgan fingerprint density at radius 2 is 1.86 bits per heavy atom. The molecule has 5 nitrogen and oxygen atoms in total. The molecule has 0 bridgehead atoms. The first kappa shape index (κ1) is 20.2. The third-order valence-electron chi connectivity index (χ3n) is 3.39. The lowest BCUT2D eigenvalue weighted by atomic mass is 10.0. The van der Waals surface area contributed by atoms with E-state index in [1.807, 2.05) is 13.8 Å². The maximum absolute atomic E-state index is 12.5. The molecule has 2 N–H and O–H groups in total. The molecular weight excluding hydrogens is 312 g/mol. The van der Waals surface area contributed by atoms with E-state index in [9.17, 15) is 8.42 Å². The van der Waals surface area contributed by atoms with Crippen LogP contribution in [0.4, 0.5) is 0 Å². The molecular formula is C14H25ClN2O3S. The van der Waals surface area contributed by atoms with Gasteiger partial charge in [0.2, 0.25) is 10.0 Å². The Labute approximate surface area is 133 Å². The van der Waals surface area contributed by atoms with Crippen molar-refractivity contribution in [2.75, 3.05) is 20.7 Å². The normalized spacial score (nSPS) is 13.1. The predicted octanol–water partition coefficient (Wildman–Crippen LogP) is 2.11. The van der Waals surface area contributed by atoms with Crippen LogP contribution in [0.3, 0.4) is 0 Å². The second kappa shape index (κ2) is 8.58. The van der Waals surface area contributed by atoms with E-state index in [2.05, 4.69) is 0 Å². The van der Waals surface area contributed by atoms with Crippen LogP contribution in [0.2, 0.25) is 0 Å². The molecule has 0 aliphatic rings. The average molecular weight is 337 g/mol. The highest BCUT2D eigenvalue weighted by atomic mass is 35.5. The second-order valence-electron chi connectivity index (χ2n) is 5.17. The Bertz CT molecular complexity index is 535. The summed E-state index contributed by atoms with van der Waals surface area (Å²) in [6.45, 7) is 4.44. The predicted molar refractivity (Wildman–Crippen MR) is 87.5 cm³/mol. The number of methoxy groups -OCH3 is 1. The molecule has 1 atom stereocenters. The molecule has 122 valence electrons. The zero-order chi connectivity index (χ0) is 15.3. The van der Waals surface area contributed by atoms with Gasteiger partial charge >= 0.3 is 0 Å². The number of nitrogens with two attached hydrogens (primary N) is 1. The maximum Gasteiger partial charge on any atom is 0.246 e. The van der Waals surface area contributed by atoms with Crippen molar-refractivity contribution in [1.29, 1.82) is 0 Å². The van der Waals surface area contributed by atoms with Crippen molar-refractivity contribution in [3.63, 3.8) is 0 Å². The highest BCUT2D eigenvalue weighted by molar-refractivity contribution is 7.89. The van der Waals surface area contributed by atoms with E-state index in [1.54, 1.807) is 31.3 Å². The summed E-state index contributed by atoms with van der Waals surface area (Å²) in [6, 6.07) is 6.61. The third kappa shape index (κ3) is 5.14. The smallest absolute Gasteiger partial charge is 0.246 e. The molecule has 0 saturated heterocycles. The lowest BCUT2D eigenvalue weighted by Crippen LogP contribution is -2.34. The Morgan fingerprint density at radius 1 is 1.29 bits per heavy atom. The van der Waals surface area contributed by atoms with E-state index in [1.165, 1.54) is 11.4 Å². The van der Waals surface area contributed by atoms with Gasteiger partial charge in [-0.1, -0.05) is 26.0 Å². The molecule has 21 heavy (non-hydrogen) atoms. The first-order valence-electron chi connectivity index (χ1n) is 6.65. The van der Waals surface area contributed by atoms with Crippen molar-refractivity contribution in [3.8, 4) is 5.75 Å². The van der Waals surface area contributed by atoms with Crippen LogP contribution in [-0.2, 0) is 10.0 Å². The van der Waals surface area contributed by atoms with Crippen molar-refractivity contribution in [1.82, 2.24) is 4.31 Å². The van der Waals surface area contributed by atoms with Gasteiger partial charge in [-0.15, -0.1) is 12.4 Å². The van der Waals surface area contributed by atoms with E-state index in [4.69, 9.17) is 10.5 Å². The molecule has 0 saturated carbocycles. The first-order chi connectivity index (χ1) is 9.30. The van der Waals surface area contributed by atoms with Crippen LogP contribution in [0.25, 0.3) is 0 Å². The lowest BCUT2D eigenvalue weighted by molar-refractivity contribution is 0.386. The van der Waals surface area contributed by atoms with Crippen LogP contribution in [0, 0.1) is 5.92 Å². The van der Waals surface area contributed by atoms with E-state index in [-0.39, 0.29) is 23.3 Å². The molecule has 0 aliphatic carbocycles. The van der Waals surface area contributed by atoms with E-state index < -0.39 is 10.0 Å². The molecule has 1 rings (SSSR count). The lowest BCUT2D eigenvalue weighted by Gasteiger charge is -2.22. The number of hydrogen-bond donors (Lipinski definition) is 1. The average Bonchev–Trinajstić information content (AvgIpc) is 2.43. The summed E-state index contributed by atoms with van der Waals surface area (Å²) in [5.74, 6) is 0.685. The number of nitrogens with zero attached hydrogens (tertiary/aromatic N) is 1. The van der Waals surface area contributed by atoms with Crippen molar-refractivity contribution in [3.05, 3.63) is 24.3 Å². The van der Waals surface area contributed by atoms with Crippen LogP contribution in [0.15, 0.2) is 29.2 Å². The fourth-order valence-electron chi connectivity index (χ4n) is 1.78. The summed E-state index contributed by atoms with van der Waals surface area (Å²) in [6.07, 6.45) is 0.628. The van der Waals surface area contributed by atoms with Gasteiger partial charge in [0.25, 0.3) is 0 Å². The standard InChI is InChI=1S/C14H24N2O3S.ClH/c1-11(2)12(15)9-10-16(3)20(17,18)14-8-6-5-7-13(14)19-4;/h5-8,11-12H,9-10,15H2,1-4H3;1H. The van der Waals surface area contributed by atoms with Crippen LogP contribution in [0.1, 0.15) is 20.3 Å². The minimum atomic E-state index is -3.55. The summed E-state index contributed by atoms with van der Waals surface area (Å²) >= 11 is 0. The second-order valence-corrected chi connectivity index (χ2v) is 7.19. The molecule has 0 spiro atoms. The summed E-state index contributed by atoms with van der Waals surface area (Å²) in [5, 5.41) is 0. The zero-order valence-electron chi connectivity index (χ0n) is 12.9. The Morgan fingerprint density at radius 3 is 2.38 bits per heavy atom. The number of para-hydroxylation sites is 1. The number of ether oxygens (including phenoxy) is 1. The number of rotatable bonds is 7. The molecule has 1 unspecified atom stereocenters. The number of hydrogen-bond acceptors (Lipinski definition) is 4. The monoisotopic (exact) mass is 336 g/mol. The van der Waals surface area contributed by atoms with Gasteiger partial charge in [-0.05, 0) is 24.5 Å². The minimum absolute atomic E-state index is 0. The van der Waals surface area contributed by atoms with Gasteiger partial charge in [-0.2, -0.15) is 0 Å². The first-order valence-corrected chi connectivity index (χ1v) is 8.09. The maximum atomic E-state index is 12.5. The summed E-state index contributed by atoms with van der Waals surface area (Å²) in [5.41, 5.74) is 5.96. The SMILES string of the molecule is COc1ccccc1S(=O)(=O)N(C)CCC(N)C(C)C.Cl. The van der Waals surface area contributed by atoms with Gasteiger partial charge in [-0.25, -0.2) is 12.7 Å². The molecule has 0 radical (unpaired) electrons. The highest BCUT2D eigenvalue weighted by Crippen LogP contribution is 2.25. The van der Waals surface area contributed by atoms with Crippen molar-refractivity contribution in [2.24, 2.45) is 11.7 Å². The van der Waals surface area contributed by atoms with Crippen LogP contribution < -0.4 is 10.5 Å². The molecule has 1 aromatic carbocycles. The molecule has 0 amide bonds. The topological polar surface area (TPSA) is 72.6 Å². The van der Waals surface area contributed by atoms with Crippen molar-refractivity contribution in [2.45, 2.75) is 31.2 Å². The van der Waals surface area contributed by atoms with Gasteiger partial charge in [-0.3, -0.25) is 0 Å². The van der Waals surface area contributed by atoms with Gasteiger partial charge < -0.3 is 10.5 Å². The quantitative estimate of drug-likeness (QED) is 0.827. The summed E-state index contributed by atoms with van der Waals surface area (Å²) in [7, 11) is -0.525. The molecule has 7 heteroatoms. The van der Waals surface area contributed by atoms with E-state index >= 15 is 0 Å². The number of halogens is 1. The Balaban J connectivity index is 0.00000400. The van der Waals surface area contributed by atoms with E-state index in [0.717, 1.165) is 0 Å². The number of sulfonamides is 1. The van der Waals surface area contributed by atoms with Gasteiger partial charge in [0.05, 0.1) is 7.11 Å². The molecule has 0 fully saturated rings. The van der Waals surface area contributed by atoms with Crippen molar-refractivity contribution < 1.29 is 13.2 Å². The fraction of sp³-hybridized carbons (Fsp3) is 0.571. The Kier molecular flexibility index (Phi) is 8.25. The zero-order valence-corrected chi connectivity index (χ0v) is 14.6. The summed E-state index contributed by atoms with van der Waals surface area (Å²) in [4.78, 5) is 0.183. The van der Waals surface area contributed by atoms with Crippen LogP contribution >= 0.6 is 12.4 Å². The Hall–Kier alpha value is -0.820. The van der Waals surface area contributed by atoms with Gasteiger partial charge in [0.15, 0.2) is 0 Å². The van der Waals surface area contributed by atoms with Gasteiger partial charge in [0, 0.05) is 19.6 Å². The molecule has 1 aromatic rings. The molecule has 0 aliphatic heterocycles. The largest absolute Gasteiger partial charge is 0.495 e. The summed E-state index contributed by atoms with van der Waals surface area (Å²) < 4.78 is 31.4. The highest BCUT2D eigenvalue weighted by Gasteiger charge is 2.24. The van der Waals surface area contributed by atoms with Crippen LogP contribution in [-0.4, -0.2) is 39.5 Å². The fourth-order valence-corrected chi connectivity index (χ4v) is 3.12. The minimum Gasteiger partial charge on any atom is -0.495 e. The number of benzene rings is 1. The third-order valence-corrected chi connectivity index (χ3v) is 5.29. The van der Waals surface area contributed by atoms with Gasteiger partial charge in [0.1, 0.15) is 10.6 Å². The van der Waals surface area contributed by atoms with E-state index in [0.29, 0.717) is 24.6 Å². The van der Waals surface area contributed by atoms with Crippen LogP contribution in [0.5, 0.6) is 5.75 Å².